The summed E-state index contributed by atoms with van der Waals surface area (Å²) >= 11 is 0. The molecule has 1 heterocycles. The number of carbonyl (C=O) groups excluding carboxylic acids is 1. The van der Waals surface area contributed by atoms with Crippen LogP contribution in [0.1, 0.15) is 11.1 Å². The van der Waals surface area contributed by atoms with E-state index in [1.54, 1.807) is 6.92 Å². The number of hydrogen-bond donors (Lipinski definition) is 3. The Morgan fingerprint density at radius 1 is 1.40 bits per heavy atom. The third-order valence-electron chi connectivity index (χ3n) is 2.17. The van der Waals surface area contributed by atoms with Crippen molar-refractivity contribution in [2.24, 2.45) is 5.84 Å². The monoisotopic (exact) mass is 212 g/mol. The molecule has 0 saturated carbocycles. The predicted octanol–water partition coefficient (Wildman–Crippen LogP) is -1.86. The van der Waals surface area contributed by atoms with Gasteiger partial charge in [0.1, 0.15) is 6.54 Å². The van der Waals surface area contributed by atoms with Crippen LogP contribution in [0.15, 0.2) is 9.59 Å². The van der Waals surface area contributed by atoms with Crippen LogP contribution in [0.4, 0.5) is 0 Å². The first kappa shape index (κ1) is 11.2. The van der Waals surface area contributed by atoms with Crippen LogP contribution in [0.3, 0.4) is 0 Å². The fourth-order valence-corrected chi connectivity index (χ4v) is 1.09. The standard InChI is InChI=1S/C8H12N4O3/c1-4-5(2)8(15)12(11-7(4)14)3-6(13)10-9/h3,9H2,1-2H3,(H,10,13)(H,11,14). The van der Waals surface area contributed by atoms with Gasteiger partial charge >= 0.3 is 0 Å². The summed E-state index contributed by atoms with van der Waals surface area (Å²) in [5.41, 5.74) is 1.75. The van der Waals surface area contributed by atoms with Gasteiger partial charge in [0.2, 0.25) is 0 Å². The summed E-state index contributed by atoms with van der Waals surface area (Å²) in [6, 6.07) is 0. The van der Waals surface area contributed by atoms with Crippen LogP contribution in [-0.2, 0) is 11.3 Å². The Bertz CT molecular complexity index is 500. The van der Waals surface area contributed by atoms with Gasteiger partial charge in [-0.15, -0.1) is 0 Å². The molecule has 0 aliphatic rings. The minimum absolute atomic E-state index is 0.300. The minimum Gasteiger partial charge on any atom is -0.293 e. The molecule has 0 saturated heterocycles. The summed E-state index contributed by atoms with van der Waals surface area (Å²) < 4.78 is 0.923. The Balaban J connectivity index is 3.27. The number of hydrogen-bond acceptors (Lipinski definition) is 4. The molecule has 1 aromatic heterocycles. The highest BCUT2D eigenvalue weighted by Gasteiger charge is 2.09. The van der Waals surface area contributed by atoms with Crippen LogP contribution in [0.2, 0.25) is 0 Å². The van der Waals surface area contributed by atoms with Crippen molar-refractivity contribution in [2.45, 2.75) is 20.4 Å². The fraction of sp³-hybridized carbons (Fsp3) is 0.375. The molecule has 0 atom stereocenters. The Labute approximate surface area is 84.9 Å². The van der Waals surface area contributed by atoms with Crippen LogP contribution >= 0.6 is 0 Å². The van der Waals surface area contributed by atoms with Crippen LogP contribution in [0, 0.1) is 13.8 Å². The summed E-state index contributed by atoms with van der Waals surface area (Å²) in [6.45, 7) is 2.78. The van der Waals surface area contributed by atoms with E-state index >= 15 is 0 Å². The Hall–Kier alpha value is -1.89. The van der Waals surface area contributed by atoms with Gasteiger partial charge in [-0.05, 0) is 13.8 Å². The first-order valence-electron chi connectivity index (χ1n) is 4.27. The van der Waals surface area contributed by atoms with Crippen molar-refractivity contribution in [3.05, 3.63) is 31.8 Å². The molecule has 0 aliphatic heterocycles. The maximum atomic E-state index is 11.6. The summed E-state index contributed by atoms with van der Waals surface area (Å²) in [4.78, 5) is 33.8. The highest BCUT2D eigenvalue weighted by atomic mass is 16.2. The van der Waals surface area contributed by atoms with E-state index in [9.17, 15) is 14.4 Å². The second-order valence-electron chi connectivity index (χ2n) is 3.15. The molecule has 0 aliphatic carbocycles. The second-order valence-corrected chi connectivity index (χ2v) is 3.15. The molecule has 4 N–H and O–H groups in total. The van der Waals surface area contributed by atoms with E-state index in [1.807, 2.05) is 5.43 Å². The lowest BCUT2D eigenvalue weighted by molar-refractivity contribution is -0.122. The highest BCUT2D eigenvalue weighted by molar-refractivity contribution is 5.74. The number of rotatable bonds is 2. The van der Waals surface area contributed by atoms with E-state index in [0.717, 1.165) is 4.68 Å². The lowest BCUT2D eigenvalue weighted by Gasteiger charge is -2.06. The normalized spacial score (nSPS) is 10.1. The third-order valence-corrected chi connectivity index (χ3v) is 2.17. The van der Waals surface area contributed by atoms with Gasteiger partial charge in [-0.25, -0.2) is 10.5 Å². The van der Waals surface area contributed by atoms with Gasteiger partial charge in [0, 0.05) is 11.1 Å². The summed E-state index contributed by atoms with van der Waals surface area (Å²) in [6.07, 6.45) is 0. The van der Waals surface area contributed by atoms with Gasteiger partial charge in [-0.3, -0.25) is 24.9 Å². The number of amides is 1. The van der Waals surface area contributed by atoms with Crippen LogP contribution in [0.5, 0.6) is 0 Å². The van der Waals surface area contributed by atoms with E-state index in [2.05, 4.69) is 5.10 Å². The smallest absolute Gasteiger partial charge is 0.268 e. The molecule has 0 aromatic carbocycles. The molecule has 0 unspecified atom stereocenters. The topological polar surface area (TPSA) is 110 Å². The minimum atomic E-state index is -0.559. The largest absolute Gasteiger partial charge is 0.293 e. The maximum absolute atomic E-state index is 11.6. The van der Waals surface area contributed by atoms with Crippen molar-refractivity contribution >= 4 is 5.91 Å². The molecule has 1 rings (SSSR count). The third kappa shape index (κ3) is 2.13. The van der Waals surface area contributed by atoms with E-state index in [4.69, 9.17) is 5.84 Å². The van der Waals surface area contributed by atoms with Gasteiger partial charge in [-0.2, -0.15) is 0 Å². The van der Waals surface area contributed by atoms with E-state index in [0.29, 0.717) is 11.1 Å². The molecular weight excluding hydrogens is 200 g/mol. The lowest BCUT2D eigenvalue weighted by atomic mass is 10.2. The van der Waals surface area contributed by atoms with Gasteiger partial charge in [-0.1, -0.05) is 0 Å². The summed E-state index contributed by atoms with van der Waals surface area (Å²) in [5, 5.41) is 2.28. The van der Waals surface area contributed by atoms with E-state index in [1.165, 1.54) is 6.92 Å². The van der Waals surface area contributed by atoms with Crippen LogP contribution in [-0.4, -0.2) is 15.7 Å². The van der Waals surface area contributed by atoms with Crippen molar-refractivity contribution < 1.29 is 4.79 Å². The molecule has 7 nitrogen and oxygen atoms in total. The summed E-state index contributed by atoms with van der Waals surface area (Å²) in [5.74, 6) is 4.31. The van der Waals surface area contributed by atoms with Crippen molar-refractivity contribution in [1.29, 1.82) is 0 Å². The van der Waals surface area contributed by atoms with E-state index in [-0.39, 0.29) is 6.54 Å². The SMILES string of the molecule is Cc1c(C)c(=O)n(CC(=O)NN)[nH]c1=O. The van der Waals surface area contributed by atoms with Crippen molar-refractivity contribution in [2.75, 3.05) is 0 Å². The molecule has 1 amide bonds. The first-order chi connectivity index (χ1) is 6.97. The average molecular weight is 212 g/mol. The number of aromatic nitrogens is 2. The van der Waals surface area contributed by atoms with Crippen molar-refractivity contribution in [1.82, 2.24) is 15.2 Å². The van der Waals surface area contributed by atoms with Gasteiger partial charge in [0.25, 0.3) is 17.0 Å². The van der Waals surface area contributed by atoms with Crippen molar-refractivity contribution in [3.8, 4) is 0 Å². The first-order valence-corrected chi connectivity index (χ1v) is 4.27. The fourth-order valence-electron chi connectivity index (χ4n) is 1.09. The highest BCUT2D eigenvalue weighted by Crippen LogP contribution is 1.90. The number of carbonyl (C=O) groups is 1. The molecule has 15 heavy (non-hydrogen) atoms. The van der Waals surface area contributed by atoms with Gasteiger partial charge in [0.15, 0.2) is 0 Å². The zero-order chi connectivity index (χ0) is 11.6. The molecule has 0 fully saturated rings. The van der Waals surface area contributed by atoms with Crippen LogP contribution in [0.25, 0.3) is 0 Å². The lowest BCUT2D eigenvalue weighted by Crippen LogP contribution is -2.40. The number of nitrogens with zero attached hydrogens (tertiary/aromatic N) is 1. The molecule has 0 radical (unpaired) electrons. The molecule has 0 spiro atoms. The Morgan fingerprint density at radius 2 is 2.00 bits per heavy atom. The van der Waals surface area contributed by atoms with Gasteiger partial charge < -0.3 is 0 Å². The molecule has 0 bridgehead atoms. The second kappa shape index (κ2) is 4.09. The molecular formula is C8H12N4O3. The number of nitrogens with two attached hydrogens (primary N) is 1. The molecule has 7 heteroatoms. The number of aromatic amines is 1. The maximum Gasteiger partial charge on any atom is 0.268 e. The Morgan fingerprint density at radius 3 is 2.53 bits per heavy atom. The zero-order valence-electron chi connectivity index (χ0n) is 8.46. The average Bonchev–Trinajstić information content (AvgIpc) is 2.22. The van der Waals surface area contributed by atoms with E-state index < -0.39 is 17.0 Å². The quantitative estimate of drug-likeness (QED) is 0.303. The van der Waals surface area contributed by atoms with Gasteiger partial charge in [0.05, 0.1) is 0 Å². The number of hydrazine groups is 1. The van der Waals surface area contributed by atoms with Crippen LogP contribution < -0.4 is 22.4 Å². The van der Waals surface area contributed by atoms with Crippen molar-refractivity contribution in [3.63, 3.8) is 0 Å². The summed E-state index contributed by atoms with van der Waals surface area (Å²) in [7, 11) is 0. The Kier molecular flexibility index (Phi) is 3.05. The molecule has 1 aromatic rings. The number of nitrogens with one attached hydrogen (secondary N) is 2. The predicted molar refractivity (Wildman–Crippen MR) is 53.1 cm³/mol. The number of H-pyrrole nitrogens is 1. The zero-order valence-corrected chi connectivity index (χ0v) is 8.46. The molecule has 82 valence electrons.